The van der Waals surface area contributed by atoms with Crippen LogP contribution in [0.25, 0.3) is 11.1 Å². The van der Waals surface area contributed by atoms with E-state index in [-0.39, 0.29) is 5.78 Å². The summed E-state index contributed by atoms with van der Waals surface area (Å²) >= 11 is 0. The van der Waals surface area contributed by atoms with Crippen LogP contribution in [0.15, 0.2) is 22.6 Å². The van der Waals surface area contributed by atoms with Gasteiger partial charge in [-0.25, -0.2) is 4.98 Å². The number of carbonyl (C=O) groups is 1. The fraction of sp³-hybridized carbons (Fsp3) is 0.429. The summed E-state index contributed by atoms with van der Waals surface area (Å²) in [6.45, 7) is 5.11. The van der Waals surface area contributed by atoms with Crippen molar-refractivity contribution in [1.82, 2.24) is 10.3 Å². The van der Waals surface area contributed by atoms with Gasteiger partial charge in [-0.05, 0) is 37.6 Å². The van der Waals surface area contributed by atoms with E-state index in [9.17, 15) is 4.79 Å². The lowest BCUT2D eigenvalue weighted by molar-refractivity contribution is -0.117. The number of hydrogen-bond donors (Lipinski definition) is 1. The first-order valence-electron chi connectivity index (χ1n) is 6.21. The number of rotatable bonds is 6. The molecule has 4 heteroatoms. The van der Waals surface area contributed by atoms with Gasteiger partial charge >= 0.3 is 0 Å². The Morgan fingerprint density at radius 2 is 2.28 bits per heavy atom. The standard InChI is InChI=1S/C14H18N2O2/c1-10(17)4-3-7-15-9-12-5-6-13-14(8-12)18-11(2)16-13/h5-6,8,15H,3-4,7,9H2,1-2H3. The highest BCUT2D eigenvalue weighted by atomic mass is 16.3. The van der Waals surface area contributed by atoms with Crippen LogP contribution in [0, 0.1) is 6.92 Å². The number of hydrogen-bond acceptors (Lipinski definition) is 4. The smallest absolute Gasteiger partial charge is 0.192 e. The van der Waals surface area contributed by atoms with Crippen molar-refractivity contribution >= 4 is 16.9 Å². The molecule has 96 valence electrons. The van der Waals surface area contributed by atoms with Gasteiger partial charge in [0.25, 0.3) is 0 Å². The molecule has 1 aromatic heterocycles. The quantitative estimate of drug-likeness (QED) is 0.796. The number of benzene rings is 1. The van der Waals surface area contributed by atoms with Gasteiger partial charge in [-0.15, -0.1) is 0 Å². The lowest BCUT2D eigenvalue weighted by Crippen LogP contribution is -2.15. The molecule has 2 aromatic rings. The summed E-state index contributed by atoms with van der Waals surface area (Å²) in [4.78, 5) is 15.0. The second kappa shape index (κ2) is 5.78. The van der Waals surface area contributed by atoms with Gasteiger partial charge in [-0.1, -0.05) is 6.07 Å². The molecule has 0 aliphatic heterocycles. The Morgan fingerprint density at radius 1 is 1.44 bits per heavy atom. The number of aromatic nitrogens is 1. The van der Waals surface area contributed by atoms with Crippen LogP contribution < -0.4 is 5.32 Å². The van der Waals surface area contributed by atoms with Gasteiger partial charge in [0.1, 0.15) is 11.3 Å². The maximum Gasteiger partial charge on any atom is 0.192 e. The molecule has 0 radical (unpaired) electrons. The topological polar surface area (TPSA) is 55.1 Å². The molecule has 0 atom stereocenters. The molecule has 0 bridgehead atoms. The van der Waals surface area contributed by atoms with E-state index in [2.05, 4.69) is 10.3 Å². The van der Waals surface area contributed by atoms with E-state index in [0.29, 0.717) is 12.3 Å². The van der Waals surface area contributed by atoms with Crippen LogP contribution >= 0.6 is 0 Å². The Hall–Kier alpha value is -1.68. The van der Waals surface area contributed by atoms with E-state index in [1.54, 1.807) is 6.92 Å². The third-order valence-electron chi connectivity index (χ3n) is 2.77. The predicted octanol–water partition coefficient (Wildman–Crippen LogP) is 2.60. The van der Waals surface area contributed by atoms with Crippen molar-refractivity contribution in [1.29, 1.82) is 0 Å². The summed E-state index contributed by atoms with van der Waals surface area (Å²) in [5, 5.41) is 3.31. The zero-order valence-corrected chi connectivity index (χ0v) is 10.8. The molecular weight excluding hydrogens is 228 g/mol. The van der Waals surface area contributed by atoms with Crippen molar-refractivity contribution in [3.05, 3.63) is 29.7 Å². The minimum atomic E-state index is 0.246. The third kappa shape index (κ3) is 3.40. The highest BCUT2D eigenvalue weighted by molar-refractivity contribution is 5.75. The monoisotopic (exact) mass is 246 g/mol. The maximum absolute atomic E-state index is 10.8. The van der Waals surface area contributed by atoms with E-state index in [0.717, 1.165) is 30.6 Å². The first kappa shape index (κ1) is 12.8. The number of carbonyl (C=O) groups excluding carboxylic acids is 1. The van der Waals surface area contributed by atoms with Crippen LogP contribution in [-0.2, 0) is 11.3 Å². The van der Waals surface area contributed by atoms with E-state index in [1.165, 1.54) is 5.56 Å². The summed E-state index contributed by atoms with van der Waals surface area (Å²) < 4.78 is 5.48. The van der Waals surface area contributed by atoms with Gasteiger partial charge in [-0.2, -0.15) is 0 Å². The van der Waals surface area contributed by atoms with Crippen molar-refractivity contribution in [2.75, 3.05) is 6.54 Å². The van der Waals surface area contributed by atoms with E-state index >= 15 is 0 Å². The lowest BCUT2D eigenvalue weighted by atomic mass is 10.2. The lowest BCUT2D eigenvalue weighted by Gasteiger charge is -2.03. The summed E-state index contributed by atoms with van der Waals surface area (Å²) in [5.41, 5.74) is 2.89. The summed E-state index contributed by atoms with van der Waals surface area (Å²) in [5.74, 6) is 0.937. The van der Waals surface area contributed by atoms with Crippen LogP contribution in [0.1, 0.15) is 31.2 Å². The second-order valence-electron chi connectivity index (χ2n) is 4.52. The van der Waals surface area contributed by atoms with Gasteiger partial charge in [-0.3, -0.25) is 0 Å². The van der Waals surface area contributed by atoms with Gasteiger partial charge < -0.3 is 14.5 Å². The molecule has 0 saturated carbocycles. The number of Topliss-reactive ketones (excluding diaryl/α,β-unsaturated/α-hetero) is 1. The fourth-order valence-electron chi connectivity index (χ4n) is 1.89. The Balaban J connectivity index is 1.86. The maximum atomic E-state index is 10.8. The predicted molar refractivity (Wildman–Crippen MR) is 70.4 cm³/mol. The number of aryl methyl sites for hydroxylation is 1. The van der Waals surface area contributed by atoms with E-state index < -0.39 is 0 Å². The Bertz CT molecular complexity index is 546. The molecule has 2 rings (SSSR count). The Morgan fingerprint density at radius 3 is 3.06 bits per heavy atom. The van der Waals surface area contributed by atoms with Crippen molar-refractivity contribution in [3.63, 3.8) is 0 Å². The molecule has 0 spiro atoms. The van der Waals surface area contributed by atoms with Crippen molar-refractivity contribution in [3.8, 4) is 0 Å². The Kier molecular flexibility index (Phi) is 4.10. The number of ketones is 1. The molecule has 1 heterocycles. The van der Waals surface area contributed by atoms with Gasteiger partial charge in [0.05, 0.1) is 0 Å². The molecule has 0 unspecified atom stereocenters. The van der Waals surface area contributed by atoms with E-state index in [4.69, 9.17) is 4.42 Å². The van der Waals surface area contributed by atoms with Crippen LogP contribution in [-0.4, -0.2) is 17.3 Å². The molecule has 18 heavy (non-hydrogen) atoms. The van der Waals surface area contributed by atoms with Crippen molar-refractivity contribution in [2.45, 2.75) is 33.2 Å². The molecule has 1 aromatic carbocycles. The highest BCUT2D eigenvalue weighted by Crippen LogP contribution is 2.16. The number of nitrogens with zero attached hydrogens (tertiary/aromatic N) is 1. The summed E-state index contributed by atoms with van der Waals surface area (Å²) in [7, 11) is 0. The number of nitrogens with one attached hydrogen (secondary N) is 1. The minimum absolute atomic E-state index is 0.246. The molecular formula is C14H18N2O2. The van der Waals surface area contributed by atoms with Crippen molar-refractivity contribution in [2.24, 2.45) is 0 Å². The summed E-state index contributed by atoms with van der Waals surface area (Å²) in [6.07, 6.45) is 1.53. The zero-order valence-electron chi connectivity index (χ0n) is 10.8. The largest absolute Gasteiger partial charge is 0.441 e. The Labute approximate surface area is 106 Å². The first-order chi connectivity index (χ1) is 8.65. The third-order valence-corrected chi connectivity index (χ3v) is 2.77. The molecule has 0 aliphatic rings. The zero-order chi connectivity index (χ0) is 13.0. The SMILES string of the molecule is CC(=O)CCCNCc1ccc2nc(C)oc2c1. The minimum Gasteiger partial charge on any atom is -0.441 e. The first-order valence-corrected chi connectivity index (χ1v) is 6.21. The van der Waals surface area contributed by atoms with Gasteiger partial charge in [0.15, 0.2) is 11.5 Å². The fourth-order valence-corrected chi connectivity index (χ4v) is 1.89. The molecule has 4 nitrogen and oxygen atoms in total. The van der Waals surface area contributed by atoms with Crippen molar-refractivity contribution < 1.29 is 9.21 Å². The number of fused-ring (bicyclic) bond motifs is 1. The van der Waals surface area contributed by atoms with Gasteiger partial charge in [0, 0.05) is 19.9 Å². The molecule has 1 N–H and O–H groups in total. The average molecular weight is 246 g/mol. The van der Waals surface area contributed by atoms with Crippen LogP contribution in [0.5, 0.6) is 0 Å². The normalized spacial score (nSPS) is 11.0. The number of oxazole rings is 1. The van der Waals surface area contributed by atoms with E-state index in [1.807, 2.05) is 25.1 Å². The molecule has 0 fully saturated rings. The van der Waals surface area contributed by atoms with Crippen LogP contribution in [0.4, 0.5) is 0 Å². The molecule has 0 saturated heterocycles. The molecule has 0 amide bonds. The average Bonchev–Trinajstić information content (AvgIpc) is 2.67. The molecule has 0 aliphatic carbocycles. The van der Waals surface area contributed by atoms with Gasteiger partial charge in [0.2, 0.25) is 0 Å². The highest BCUT2D eigenvalue weighted by Gasteiger charge is 2.02. The summed E-state index contributed by atoms with van der Waals surface area (Å²) in [6, 6.07) is 6.02. The van der Waals surface area contributed by atoms with Crippen LogP contribution in [0.3, 0.4) is 0 Å². The van der Waals surface area contributed by atoms with Crippen LogP contribution in [0.2, 0.25) is 0 Å². The second-order valence-corrected chi connectivity index (χ2v) is 4.52.